The third-order valence-electron chi connectivity index (χ3n) is 4.81. The van der Waals surface area contributed by atoms with Crippen LogP contribution in [0.25, 0.3) is 10.9 Å². The van der Waals surface area contributed by atoms with Gasteiger partial charge in [0.2, 0.25) is 5.91 Å². The molecule has 0 atom stereocenters. The zero-order valence-electron chi connectivity index (χ0n) is 14.4. The number of aromatic nitrogens is 2. The molecule has 0 bridgehead atoms. The number of fused-ring (bicyclic) bond motifs is 1. The lowest BCUT2D eigenvalue weighted by atomic mass is 10.1. The summed E-state index contributed by atoms with van der Waals surface area (Å²) in [5.74, 6) is -0.757. The number of aryl methyl sites for hydroxylation is 1. The first kappa shape index (κ1) is 17.4. The van der Waals surface area contributed by atoms with Gasteiger partial charge in [-0.3, -0.25) is 19.5 Å². The monoisotopic (exact) mass is 344 g/mol. The zero-order chi connectivity index (χ0) is 17.8. The van der Waals surface area contributed by atoms with Gasteiger partial charge in [-0.25, -0.2) is 5.48 Å². The highest BCUT2D eigenvalue weighted by Gasteiger charge is 2.22. The van der Waals surface area contributed by atoms with E-state index in [1.807, 2.05) is 12.1 Å². The maximum Gasteiger partial charge on any atom is 0.251 e. The van der Waals surface area contributed by atoms with E-state index < -0.39 is 5.91 Å². The Morgan fingerprint density at radius 3 is 2.76 bits per heavy atom. The van der Waals surface area contributed by atoms with Gasteiger partial charge in [0.1, 0.15) is 0 Å². The van der Waals surface area contributed by atoms with Gasteiger partial charge in [0.25, 0.3) is 5.91 Å². The van der Waals surface area contributed by atoms with Crippen molar-refractivity contribution in [2.75, 3.05) is 6.54 Å². The zero-order valence-corrected chi connectivity index (χ0v) is 14.4. The lowest BCUT2D eigenvalue weighted by Crippen LogP contribution is -2.29. The summed E-state index contributed by atoms with van der Waals surface area (Å²) in [6.45, 7) is 2.26. The normalized spacial score (nSPS) is 14.8. The summed E-state index contributed by atoms with van der Waals surface area (Å²) in [4.78, 5) is 23.3. The first-order valence-electron chi connectivity index (χ1n) is 8.86. The molecule has 7 heteroatoms. The summed E-state index contributed by atoms with van der Waals surface area (Å²) in [6, 6.07) is 6.06. The highest BCUT2D eigenvalue weighted by Crippen LogP contribution is 2.33. The number of amides is 2. The van der Waals surface area contributed by atoms with E-state index in [1.54, 1.807) is 11.5 Å². The van der Waals surface area contributed by atoms with Crippen molar-refractivity contribution >= 4 is 22.7 Å². The van der Waals surface area contributed by atoms with Crippen LogP contribution in [0.15, 0.2) is 18.2 Å². The van der Waals surface area contributed by atoms with Crippen LogP contribution in [0.5, 0.6) is 0 Å². The molecule has 1 saturated carbocycles. The van der Waals surface area contributed by atoms with E-state index in [-0.39, 0.29) is 18.9 Å². The van der Waals surface area contributed by atoms with E-state index >= 15 is 0 Å². The van der Waals surface area contributed by atoms with Gasteiger partial charge in [0.15, 0.2) is 0 Å². The Kier molecular flexibility index (Phi) is 5.33. The number of benzene rings is 1. The molecule has 25 heavy (non-hydrogen) atoms. The largest absolute Gasteiger partial charge is 0.352 e. The van der Waals surface area contributed by atoms with Gasteiger partial charge in [-0.05, 0) is 31.4 Å². The third kappa shape index (κ3) is 3.66. The van der Waals surface area contributed by atoms with Gasteiger partial charge in [0.05, 0.1) is 17.3 Å². The lowest BCUT2D eigenvalue weighted by molar-refractivity contribution is -0.129. The van der Waals surface area contributed by atoms with E-state index in [4.69, 9.17) is 10.3 Å². The molecule has 1 aliphatic carbocycles. The summed E-state index contributed by atoms with van der Waals surface area (Å²) >= 11 is 0. The van der Waals surface area contributed by atoms with Crippen molar-refractivity contribution in [1.82, 2.24) is 20.6 Å². The minimum absolute atomic E-state index is 0.0322. The second kappa shape index (κ2) is 7.65. The summed E-state index contributed by atoms with van der Waals surface area (Å²) < 4.78 is 2.09. The quantitative estimate of drug-likeness (QED) is 0.553. The molecule has 1 heterocycles. The smallest absolute Gasteiger partial charge is 0.251 e. The molecule has 1 fully saturated rings. The lowest BCUT2D eigenvalue weighted by Gasteiger charge is -2.12. The van der Waals surface area contributed by atoms with Crippen molar-refractivity contribution in [2.45, 2.75) is 51.5 Å². The van der Waals surface area contributed by atoms with Gasteiger partial charge >= 0.3 is 0 Å². The molecule has 0 unspecified atom stereocenters. The van der Waals surface area contributed by atoms with Gasteiger partial charge in [-0.15, -0.1) is 0 Å². The minimum atomic E-state index is -0.525. The fraction of sp³-hybridized carbons (Fsp3) is 0.500. The number of hydroxylamine groups is 1. The van der Waals surface area contributed by atoms with Gasteiger partial charge in [0, 0.05) is 23.9 Å². The average Bonchev–Trinajstić information content (AvgIpc) is 3.28. The molecule has 0 radical (unpaired) electrons. The molecule has 7 nitrogen and oxygen atoms in total. The summed E-state index contributed by atoms with van der Waals surface area (Å²) in [6.07, 6.45) is 5.60. The molecular weight excluding hydrogens is 320 g/mol. The third-order valence-corrected chi connectivity index (χ3v) is 4.81. The number of carbonyl (C=O) groups excluding carboxylic acids is 2. The van der Waals surface area contributed by atoms with Gasteiger partial charge < -0.3 is 5.32 Å². The summed E-state index contributed by atoms with van der Waals surface area (Å²) in [5.41, 5.74) is 4.17. The van der Waals surface area contributed by atoms with Crippen molar-refractivity contribution in [1.29, 1.82) is 0 Å². The SMILES string of the molecule is CCc1nn(C2CCCC2)c2cc(C(=O)NCCC(=O)NO)ccc12. The summed E-state index contributed by atoms with van der Waals surface area (Å²) in [5, 5.41) is 17.1. The van der Waals surface area contributed by atoms with Crippen LogP contribution >= 0.6 is 0 Å². The molecule has 1 aromatic heterocycles. The van der Waals surface area contributed by atoms with Crippen LogP contribution in [-0.2, 0) is 11.2 Å². The topological polar surface area (TPSA) is 96.2 Å². The first-order chi connectivity index (χ1) is 12.1. The van der Waals surface area contributed by atoms with E-state index in [0.717, 1.165) is 35.9 Å². The van der Waals surface area contributed by atoms with Crippen molar-refractivity contribution in [2.24, 2.45) is 0 Å². The molecular formula is C18H24N4O3. The van der Waals surface area contributed by atoms with Crippen molar-refractivity contribution < 1.29 is 14.8 Å². The Balaban J connectivity index is 1.83. The predicted octanol–water partition coefficient (Wildman–Crippen LogP) is 2.34. The van der Waals surface area contributed by atoms with Crippen molar-refractivity contribution in [3.63, 3.8) is 0 Å². The average molecular weight is 344 g/mol. The summed E-state index contributed by atoms with van der Waals surface area (Å²) in [7, 11) is 0. The predicted molar refractivity (Wildman–Crippen MR) is 93.5 cm³/mol. The van der Waals surface area contributed by atoms with Crippen LogP contribution in [-0.4, -0.2) is 33.3 Å². The van der Waals surface area contributed by atoms with Gasteiger partial charge in [-0.2, -0.15) is 5.10 Å². The minimum Gasteiger partial charge on any atom is -0.352 e. The Hall–Kier alpha value is -2.41. The van der Waals surface area contributed by atoms with E-state index in [2.05, 4.69) is 16.9 Å². The molecule has 1 aromatic carbocycles. The van der Waals surface area contributed by atoms with E-state index in [1.165, 1.54) is 12.8 Å². The number of nitrogens with zero attached hydrogens (tertiary/aromatic N) is 2. The molecule has 0 saturated heterocycles. The number of hydrogen-bond donors (Lipinski definition) is 3. The standard InChI is InChI=1S/C18H24N4O3/c1-2-15-14-8-7-12(18(24)19-10-9-17(23)21-25)11-16(14)22(20-15)13-5-3-4-6-13/h7-8,11,13,25H,2-6,9-10H2,1H3,(H,19,24)(H,21,23). The second-order valence-corrected chi connectivity index (χ2v) is 6.46. The Morgan fingerprint density at radius 1 is 1.32 bits per heavy atom. The number of hydrogen-bond acceptors (Lipinski definition) is 4. The maximum absolute atomic E-state index is 12.3. The Morgan fingerprint density at radius 2 is 2.08 bits per heavy atom. The fourth-order valence-electron chi connectivity index (χ4n) is 3.48. The van der Waals surface area contributed by atoms with Crippen molar-refractivity contribution in [3.8, 4) is 0 Å². The number of carbonyl (C=O) groups is 2. The van der Waals surface area contributed by atoms with Crippen LogP contribution in [0.3, 0.4) is 0 Å². The van der Waals surface area contributed by atoms with Gasteiger partial charge in [-0.1, -0.05) is 25.8 Å². The molecule has 1 aliphatic rings. The maximum atomic E-state index is 12.3. The first-order valence-corrected chi connectivity index (χ1v) is 8.86. The van der Waals surface area contributed by atoms with E-state index in [9.17, 15) is 9.59 Å². The van der Waals surface area contributed by atoms with E-state index in [0.29, 0.717) is 11.6 Å². The highest BCUT2D eigenvalue weighted by molar-refractivity contribution is 5.98. The molecule has 3 N–H and O–H groups in total. The molecule has 134 valence electrons. The number of nitrogens with one attached hydrogen (secondary N) is 2. The molecule has 0 aliphatic heterocycles. The highest BCUT2D eigenvalue weighted by atomic mass is 16.5. The molecule has 0 spiro atoms. The van der Waals surface area contributed by atoms with Crippen LogP contribution in [0.2, 0.25) is 0 Å². The molecule has 3 rings (SSSR count). The molecule has 2 aromatic rings. The Bertz CT molecular complexity index is 778. The van der Waals surface area contributed by atoms with Crippen LogP contribution in [0, 0.1) is 0 Å². The van der Waals surface area contributed by atoms with Crippen LogP contribution in [0.1, 0.15) is 61.1 Å². The van der Waals surface area contributed by atoms with Crippen LogP contribution in [0.4, 0.5) is 0 Å². The van der Waals surface area contributed by atoms with Crippen LogP contribution < -0.4 is 10.8 Å². The Labute approximate surface area is 146 Å². The second-order valence-electron chi connectivity index (χ2n) is 6.46. The molecule has 2 amide bonds. The fourth-order valence-corrected chi connectivity index (χ4v) is 3.48. The number of rotatable bonds is 6. The van der Waals surface area contributed by atoms with Crippen molar-refractivity contribution in [3.05, 3.63) is 29.5 Å².